The lowest BCUT2D eigenvalue weighted by molar-refractivity contribution is 0.432. The summed E-state index contributed by atoms with van der Waals surface area (Å²) in [6.07, 6.45) is 1.58. The van der Waals surface area contributed by atoms with Crippen LogP contribution in [0, 0.1) is 0 Å². The lowest BCUT2D eigenvalue weighted by Gasteiger charge is -1.97. The standard InChI is InChI=1S/C13H6Cl3N3O/c14-8-4-7(5-9(15)6-8)12-18-13(20-19-12)10-2-1-3-17-11(10)16/h1-6H. The van der Waals surface area contributed by atoms with Gasteiger partial charge in [0.25, 0.3) is 5.89 Å². The van der Waals surface area contributed by atoms with E-state index < -0.39 is 0 Å². The third kappa shape index (κ3) is 2.63. The minimum absolute atomic E-state index is 0.286. The SMILES string of the molecule is Clc1cc(Cl)cc(-c2noc(-c3cccnc3Cl)n2)c1. The average Bonchev–Trinajstić information content (AvgIpc) is 2.87. The molecule has 100 valence electrons. The summed E-state index contributed by atoms with van der Waals surface area (Å²) >= 11 is 17.9. The fourth-order valence-corrected chi connectivity index (χ4v) is 2.40. The van der Waals surface area contributed by atoms with Crippen LogP contribution < -0.4 is 0 Å². The van der Waals surface area contributed by atoms with Crippen molar-refractivity contribution < 1.29 is 4.52 Å². The Morgan fingerprint density at radius 1 is 1.00 bits per heavy atom. The van der Waals surface area contributed by atoms with Gasteiger partial charge in [0.2, 0.25) is 5.82 Å². The minimum atomic E-state index is 0.286. The summed E-state index contributed by atoms with van der Waals surface area (Å²) in [5, 5.41) is 5.19. The van der Waals surface area contributed by atoms with E-state index in [4.69, 9.17) is 39.3 Å². The number of halogens is 3. The van der Waals surface area contributed by atoms with Crippen LogP contribution in [0.5, 0.6) is 0 Å². The predicted octanol–water partition coefficient (Wildman–Crippen LogP) is 4.76. The van der Waals surface area contributed by atoms with Gasteiger partial charge in [0.15, 0.2) is 0 Å². The molecule has 0 aliphatic carbocycles. The molecule has 0 unspecified atom stereocenters. The van der Waals surface area contributed by atoms with Gasteiger partial charge in [0, 0.05) is 21.8 Å². The number of hydrogen-bond donors (Lipinski definition) is 0. The Morgan fingerprint density at radius 2 is 1.75 bits per heavy atom. The van der Waals surface area contributed by atoms with E-state index in [2.05, 4.69) is 15.1 Å². The largest absolute Gasteiger partial charge is 0.333 e. The fraction of sp³-hybridized carbons (Fsp3) is 0. The van der Waals surface area contributed by atoms with Crippen LogP contribution >= 0.6 is 34.8 Å². The van der Waals surface area contributed by atoms with Gasteiger partial charge in [-0.15, -0.1) is 0 Å². The first-order chi connectivity index (χ1) is 9.63. The Hall–Kier alpha value is -1.62. The average molecular weight is 327 g/mol. The van der Waals surface area contributed by atoms with Crippen LogP contribution in [0.2, 0.25) is 15.2 Å². The van der Waals surface area contributed by atoms with Crippen molar-refractivity contribution in [3.05, 3.63) is 51.7 Å². The predicted molar refractivity (Wildman–Crippen MR) is 78.0 cm³/mol. The lowest BCUT2D eigenvalue weighted by atomic mass is 10.2. The quantitative estimate of drug-likeness (QED) is 0.637. The van der Waals surface area contributed by atoms with Crippen LogP contribution in [0.4, 0.5) is 0 Å². The van der Waals surface area contributed by atoms with E-state index in [0.29, 0.717) is 32.1 Å². The van der Waals surface area contributed by atoms with E-state index in [0.717, 1.165) is 0 Å². The molecule has 1 aromatic carbocycles. The van der Waals surface area contributed by atoms with Gasteiger partial charge >= 0.3 is 0 Å². The van der Waals surface area contributed by atoms with Crippen molar-refractivity contribution in [3.63, 3.8) is 0 Å². The Morgan fingerprint density at radius 3 is 2.45 bits per heavy atom. The molecule has 0 N–H and O–H groups in total. The summed E-state index contributed by atoms with van der Waals surface area (Å²) in [6.45, 7) is 0. The van der Waals surface area contributed by atoms with Crippen molar-refractivity contribution in [3.8, 4) is 22.8 Å². The summed E-state index contributed by atoms with van der Waals surface area (Å²) in [5.74, 6) is 0.665. The van der Waals surface area contributed by atoms with Crippen molar-refractivity contribution in [2.24, 2.45) is 0 Å². The third-order valence-corrected chi connectivity index (χ3v) is 3.27. The Balaban J connectivity index is 2.04. The van der Waals surface area contributed by atoms with Gasteiger partial charge in [-0.05, 0) is 30.3 Å². The van der Waals surface area contributed by atoms with Crippen molar-refractivity contribution in [2.45, 2.75) is 0 Å². The van der Waals surface area contributed by atoms with Gasteiger partial charge in [-0.1, -0.05) is 40.0 Å². The van der Waals surface area contributed by atoms with Crippen LogP contribution in [0.1, 0.15) is 0 Å². The molecule has 0 spiro atoms. The van der Waals surface area contributed by atoms with Gasteiger partial charge in [0.05, 0.1) is 5.56 Å². The van der Waals surface area contributed by atoms with Gasteiger partial charge in [-0.25, -0.2) is 4.98 Å². The van der Waals surface area contributed by atoms with Crippen molar-refractivity contribution in [1.82, 2.24) is 15.1 Å². The smallest absolute Gasteiger partial charge is 0.261 e. The highest BCUT2D eigenvalue weighted by Crippen LogP contribution is 2.29. The van der Waals surface area contributed by atoms with Gasteiger partial charge in [0.1, 0.15) is 5.15 Å². The molecule has 2 aromatic heterocycles. The number of benzene rings is 1. The van der Waals surface area contributed by atoms with Crippen LogP contribution in [-0.4, -0.2) is 15.1 Å². The lowest BCUT2D eigenvalue weighted by Crippen LogP contribution is -1.84. The molecule has 7 heteroatoms. The molecule has 20 heavy (non-hydrogen) atoms. The number of aromatic nitrogens is 3. The van der Waals surface area contributed by atoms with Gasteiger partial charge in [-0.3, -0.25) is 0 Å². The number of pyridine rings is 1. The van der Waals surface area contributed by atoms with Gasteiger partial charge < -0.3 is 4.52 Å². The first-order valence-corrected chi connectivity index (χ1v) is 6.68. The molecule has 4 nitrogen and oxygen atoms in total. The van der Waals surface area contributed by atoms with Crippen LogP contribution in [0.25, 0.3) is 22.8 Å². The van der Waals surface area contributed by atoms with Crippen molar-refractivity contribution >= 4 is 34.8 Å². The fourth-order valence-electron chi connectivity index (χ4n) is 1.68. The normalized spacial score (nSPS) is 10.8. The zero-order chi connectivity index (χ0) is 14.1. The molecule has 0 atom stereocenters. The molecule has 0 bridgehead atoms. The minimum Gasteiger partial charge on any atom is -0.333 e. The van der Waals surface area contributed by atoms with Crippen LogP contribution in [0.15, 0.2) is 41.1 Å². The second-order valence-corrected chi connectivity index (χ2v) is 5.15. The molecule has 0 saturated carbocycles. The highest BCUT2D eigenvalue weighted by Gasteiger charge is 2.14. The van der Waals surface area contributed by atoms with Crippen LogP contribution in [-0.2, 0) is 0 Å². The maximum Gasteiger partial charge on any atom is 0.261 e. The molecule has 0 fully saturated rings. The van der Waals surface area contributed by atoms with Crippen molar-refractivity contribution in [2.75, 3.05) is 0 Å². The van der Waals surface area contributed by atoms with Crippen LogP contribution in [0.3, 0.4) is 0 Å². The Labute approximate surface area is 129 Å². The van der Waals surface area contributed by atoms with E-state index in [1.165, 1.54) is 0 Å². The van der Waals surface area contributed by atoms with Crippen molar-refractivity contribution in [1.29, 1.82) is 0 Å². The van der Waals surface area contributed by atoms with E-state index in [1.54, 1.807) is 36.5 Å². The molecule has 0 amide bonds. The van der Waals surface area contributed by atoms with E-state index in [1.807, 2.05) is 0 Å². The van der Waals surface area contributed by atoms with E-state index in [9.17, 15) is 0 Å². The molecule has 0 saturated heterocycles. The van der Waals surface area contributed by atoms with Gasteiger partial charge in [-0.2, -0.15) is 4.98 Å². The molecule has 3 rings (SSSR count). The summed E-state index contributed by atoms with van der Waals surface area (Å²) < 4.78 is 5.19. The number of rotatable bonds is 2. The first-order valence-electron chi connectivity index (χ1n) is 5.54. The zero-order valence-corrected chi connectivity index (χ0v) is 12.1. The molecule has 0 aliphatic rings. The summed E-state index contributed by atoms with van der Waals surface area (Å²) in [5.41, 5.74) is 1.23. The number of hydrogen-bond acceptors (Lipinski definition) is 4. The molecule has 0 radical (unpaired) electrons. The molecule has 0 aliphatic heterocycles. The molecular weight excluding hydrogens is 321 g/mol. The second kappa shape index (κ2) is 5.40. The second-order valence-electron chi connectivity index (χ2n) is 3.92. The maximum absolute atomic E-state index is 5.98. The summed E-state index contributed by atoms with van der Waals surface area (Å²) in [7, 11) is 0. The topological polar surface area (TPSA) is 51.8 Å². The summed E-state index contributed by atoms with van der Waals surface area (Å²) in [6, 6.07) is 8.52. The highest BCUT2D eigenvalue weighted by molar-refractivity contribution is 6.35. The zero-order valence-electron chi connectivity index (χ0n) is 9.85. The number of nitrogens with zero attached hydrogens (tertiary/aromatic N) is 3. The van der Waals surface area contributed by atoms with E-state index in [-0.39, 0.29) is 5.89 Å². The third-order valence-electron chi connectivity index (χ3n) is 2.54. The Bertz CT molecular complexity index is 753. The monoisotopic (exact) mass is 325 g/mol. The first kappa shape index (κ1) is 13.4. The highest BCUT2D eigenvalue weighted by atomic mass is 35.5. The van der Waals surface area contributed by atoms with E-state index >= 15 is 0 Å². The molecular formula is C13H6Cl3N3O. The Kier molecular flexibility index (Phi) is 3.61. The molecule has 2 heterocycles. The maximum atomic E-state index is 5.98. The summed E-state index contributed by atoms with van der Waals surface area (Å²) in [4.78, 5) is 8.24. The molecule has 3 aromatic rings.